The molecular formula is C14H16FN5O2S2. The number of para-hydroxylation sites is 1. The van der Waals surface area contributed by atoms with Crippen molar-refractivity contribution in [1.82, 2.24) is 20.8 Å². The number of amides is 3. The molecule has 1 aromatic heterocycles. The minimum absolute atomic E-state index is 0.298. The van der Waals surface area contributed by atoms with Crippen molar-refractivity contribution in [2.75, 3.05) is 11.9 Å². The Labute approximate surface area is 146 Å². The monoisotopic (exact) mass is 369 g/mol. The van der Waals surface area contributed by atoms with E-state index in [1.165, 1.54) is 29.2 Å². The largest absolute Gasteiger partial charge is 0.338 e. The maximum absolute atomic E-state index is 13.6. The molecule has 0 bridgehead atoms. The van der Waals surface area contributed by atoms with Gasteiger partial charge in [-0.15, -0.1) is 10.2 Å². The molecule has 0 spiro atoms. The maximum atomic E-state index is 13.6. The average molecular weight is 369 g/mol. The molecule has 2 aromatic rings. The number of urea groups is 1. The summed E-state index contributed by atoms with van der Waals surface area (Å²) in [5, 5.41) is 15.3. The van der Waals surface area contributed by atoms with Gasteiger partial charge in [-0.25, -0.2) is 9.18 Å². The number of benzene rings is 1. The third kappa shape index (κ3) is 5.17. The zero-order valence-corrected chi connectivity index (χ0v) is 14.6. The molecule has 3 N–H and O–H groups in total. The van der Waals surface area contributed by atoms with E-state index in [4.69, 9.17) is 0 Å². The highest BCUT2D eigenvalue weighted by Crippen LogP contribution is 2.30. The quantitative estimate of drug-likeness (QED) is 0.678. The van der Waals surface area contributed by atoms with Crippen molar-refractivity contribution in [3.05, 3.63) is 30.1 Å². The molecule has 128 valence electrons. The van der Waals surface area contributed by atoms with Crippen LogP contribution < -0.4 is 16.0 Å². The molecule has 0 aliphatic rings. The van der Waals surface area contributed by atoms with Crippen molar-refractivity contribution < 1.29 is 14.0 Å². The van der Waals surface area contributed by atoms with Gasteiger partial charge in [0.25, 0.3) is 0 Å². The van der Waals surface area contributed by atoms with Crippen molar-refractivity contribution in [3.63, 3.8) is 0 Å². The lowest BCUT2D eigenvalue weighted by Gasteiger charge is -2.09. The number of anilines is 2. The van der Waals surface area contributed by atoms with E-state index in [9.17, 15) is 14.0 Å². The standard InChI is InChI=1S/C14H16FN5O2S2/c1-3-16-12(22)18-11(21)8(2)23-14-20-19-13(24-14)17-10-7-5-4-6-9(10)15/h4-8H,3H2,1-2H3,(H,17,19)(H2,16,18,21,22). The van der Waals surface area contributed by atoms with Crippen LogP contribution in [0.1, 0.15) is 13.8 Å². The van der Waals surface area contributed by atoms with E-state index in [1.807, 2.05) is 0 Å². The number of thioether (sulfide) groups is 1. The highest BCUT2D eigenvalue weighted by atomic mass is 32.2. The van der Waals surface area contributed by atoms with E-state index in [0.29, 0.717) is 21.7 Å². The Bertz CT molecular complexity index is 725. The first-order chi connectivity index (χ1) is 11.5. The van der Waals surface area contributed by atoms with Crippen LogP contribution in [0.15, 0.2) is 28.6 Å². The van der Waals surface area contributed by atoms with Gasteiger partial charge in [0, 0.05) is 6.54 Å². The fourth-order valence-corrected chi connectivity index (χ4v) is 3.52. The van der Waals surface area contributed by atoms with Crippen LogP contribution in [0, 0.1) is 5.82 Å². The molecule has 3 amide bonds. The van der Waals surface area contributed by atoms with Crippen LogP contribution in [0.3, 0.4) is 0 Å². The van der Waals surface area contributed by atoms with Gasteiger partial charge >= 0.3 is 6.03 Å². The Kier molecular flexibility index (Phi) is 6.50. The van der Waals surface area contributed by atoms with Gasteiger partial charge in [0.2, 0.25) is 11.0 Å². The van der Waals surface area contributed by atoms with Gasteiger partial charge in [0.15, 0.2) is 4.34 Å². The third-order valence-electron chi connectivity index (χ3n) is 2.74. The minimum atomic E-state index is -0.533. The summed E-state index contributed by atoms with van der Waals surface area (Å²) in [6, 6.07) is 5.69. The van der Waals surface area contributed by atoms with Gasteiger partial charge in [-0.2, -0.15) is 0 Å². The van der Waals surface area contributed by atoms with Gasteiger partial charge in [-0.1, -0.05) is 35.2 Å². The molecule has 2 rings (SSSR count). The molecule has 0 aliphatic carbocycles. The second-order valence-electron chi connectivity index (χ2n) is 4.59. The van der Waals surface area contributed by atoms with Gasteiger partial charge in [-0.3, -0.25) is 10.1 Å². The van der Waals surface area contributed by atoms with Crippen LogP contribution in [0.4, 0.5) is 20.0 Å². The molecular weight excluding hydrogens is 353 g/mol. The molecule has 1 heterocycles. The summed E-state index contributed by atoms with van der Waals surface area (Å²) < 4.78 is 14.1. The van der Waals surface area contributed by atoms with Crippen LogP contribution >= 0.6 is 23.1 Å². The lowest BCUT2D eigenvalue weighted by Crippen LogP contribution is -2.42. The molecule has 1 aromatic carbocycles. The highest BCUT2D eigenvalue weighted by molar-refractivity contribution is 8.02. The summed E-state index contributed by atoms with van der Waals surface area (Å²) in [5.74, 6) is -0.818. The lowest BCUT2D eigenvalue weighted by molar-refractivity contribution is -0.119. The van der Waals surface area contributed by atoms with Gasteiger partial charge < -0.3 is 10.6 Å². The number of rotatable bonds is 6. The van der Waals surface area contributed by atoms with Gasteiger partial charge in [0.05, 0.1) is 10.9 Å². The number of hydrogen-bond acceptors (Lipinski definition) is 7. The van der Waals surface area contributed by atoms with Gasteiger partial charge in [0.1, 0.15) is 5.82 Å². The Morgan fingerprint density at radius 3 is 2.79 bits per heavy atom. The molecule has 0 saturated heterocycles. The third-order valence-corrected chi connectivity index (χ3v) is 4.77. The van der Waals surface area contributed by atoms with E-state index in [2.05, 4.69) is 26.1 Å². The summed E-state index contributed by atoms with van der Waals surface area (Å²) in [6.07, 6.45) is 0. The van der Waals surface area contributed by atoms with Crippen LogP contribution in [0.2, 0.25) is 0 Å². The fourth-order valence-electron chi connectivity index (χ4n) is 1.61. The first-order valence-electron chi connectivity index (χ1n) is 7.10. The number of carbonyl (C=O) groups excluding carboxylic acids is 2. The van der Waals surface area contributed by atoms with Crippen molar-refractivity contribution in [1.29, 1.82) is 0 Å². The summed E-state index contributed by atoms with van der Waals surface area (Å²) in [7, 11) is 0. The van der Waals surface area contributed by atoms with Crippen molar-refractivity contribution in [2.45, 2.75) is 23.4 Å². The minimum Gasteiger partial charge on any atom is -0.338 e. The predicted molar refractivity (Wildman–Crippen MR) is 92.1 cm³/mol. The molecule has 1 unspecified atom stereocenters. The Balaban J connectivity index is 1.92. The molecule has 7 nitrogen and oxygen atoms in total. The number of hydrogen-bond donors (Lipinski definition) is 3. The summed E-state index contributed by atoms with van der Waals surface area (Å²) in [5.41, 5.74) is 0.298. The number of imide groups is 1. The van der Waals surface area contributed by atoms with Crippen molar-refractivity contribution in [3.8, 4) is 0 Å². The second-order valence-corrected chi connectivity index (χ2v) is 7.15. The predicted octanol–water partition coefficient (Wildman–Crippen LogP) is 2.75. The Morgan fingerprint density at radius 2 is 2.08 bits per heavy atom. The first-order valence-corrected chi connectivity index (χ1v) is 8.79. The fraction of sp³-hybridized carbons (Fsp3) is 0.286. The van der Waals surface area contributed by atoms with Crippen molar-refractivity contribution >= 4 is 45.9 Å². The van der Waals surface area contributed by atoms with E-state index in [1.54, 1.807) is 32.0 Å². The zero-order chi connectivity index (χ0) is 17.5. The Morgan fingerprint density at radius 1 is 1.33 bits per heavy atom. The topological polar surface area (TPSA) is 96.0 Å². The van der Waals surface area contributed by atoms with E-state index in [-0.39, 0.29) is 0 Å². The van der Waals surface area contributed by atoms with E-state index in [0.717, 1.165) is 0 Å². The van der Waals surface area contributed by atoms with Gasteiger partial charge in [-0.05, 0) is 26.0 Å². The van der Waals surface area contributed by atoms with Crippen molar-refractivity contribution in [2.24, 2.45) is 0 Å². The number of nitrogens with one attached hydrogen (secondary N) is 3. The molecule has 1 atom stereocenters. The van der Waals surface area contributed by atoms with Crippen LogP contribution in [-0.4, -0.2) is 33.9 Å². The molecule has 0 saturated carbocycles. The average Bonchev–Trinajstić information content (AvgIpc) is 2.97. The molecule has 0 fully saturated rings. The van der Waals surface area contributed by atoms with Crippen LogP contribution in [0.5, 0.6) is 0 Å². The van der Waals surface area contributed by atoms with E-state index >= 15 is 0 Å². The zero-order valence-electron chi connectivity index (χ0n) is 13.0. The van der Waals surface area contributed by atoms with E-state index < -0.39 is 23.0 Å². The molecule has 0 aliphatic heterocycles. The SMILES string of the molecule is CCNC(=O)NC(=O)C(C)Sc1nnc(Nc2ccccc2F)s1. The molecule has 10 heteroatoms. The normalized spacial score (nSPS) is 11.6. The lowest BCUT2D eigenvalue weighted by atomic mass is 10.3. The summed E-state index contributed by atoms with van der Waals surface area (Å²) in [4.78, 5) is 23.2. The summed E-state index contributed by atoms with van der Waals surface area (Å²) >= 11 is 2.36. The number of halogens is 1. The second kappa shape index (κ2) is 8.60. The number of carbonyl (C=O) groups is 2. The first kappa shape index (κ1) is 18.1. The molecule has 0 radical (unpaired) electrons. The highest BCUT2D eigenvalue weighted by Gasteiger charge is 2.19. The number of nitrogens with zero attached hydrogens (tertiary/aromatic N) is 2. The maximum Gasteiger partial charge on any atom is 0.321 e. The summed E-state index contributed by atoms with van der Waals surface area (Å²) in [6.45, 7) is 3.85. The smallest absolute Gasteiger partial charge is 0.321 e. The molecule has 24 heavy (non-hydrogen) atoms. The Hall–Kier alpha value is -2.20. The van der Waals surface area contributed by atoms with Crippen LogP contribution in [-0.2, 0) is 4.79 Å². The number of aromatic nitrogens is 2. The van der Waals surface area contributed by atoms with Crippen LogP contribution in [0.25, 0.3) is 0 Å².